The highest BCUT2D eigenvalue weighted by atomic mass is 16.8. The second-order valence-electron chi connectivity index (χ2n) is 18.2. The third-order valence-electron chi connectivity index (χ3n) is 13.9. The number of aliphatic hydroxyl groups excluding tert-OH is 9. The Labute approximate surface area is 412 Å². The first-order valence-electron chi connectivity index (χ1n) is 22.8. The molecule has 73 heavy (non-hydrogen) atoms. The zero-order chi connectivity index (χ0) is 52.8. The molecule has 5 aliphatic heterocycles. The Balaban J connectivity index is 1.01. The fourth-order valence-corrected chi connectivity index (χ4v) is 10.2. The number of ether oxygens (including phenoxy) is 11. The predicted octanol–water partition coefficient (Wildman–Crippen LogP) is -3.75. The van der Waals surface area contributed by atoms with Crippen LogP contribution >= 0.6 is 0 Å². The summed E-state index contributed by atoms with van der Waals surface area (Å²) in [6.07, 6.45) is -29.4. The van der Waals surface area contributed by atoms with Crippen LogP contribution in [0.2, 0.25) is 0 Å². The Bertz CT molecular complexity index is 2390. The van der Waals surface area contributed by atoms with Gasteiger partial charge < -0.3 is 114 Å². The van der Waals surface area contributed by atoms with Crippen molar-refractivity contribution in [2.75, 3.05) is 47.4 Å². The van der Waals surface area contributed by atoms with Crippen LogP contribution in [0.25, 0.3) is 10.4 Å². The molecule has 1 aliphatic carbocycles. The lowest BCUT2D eigenvalue weighted by Gasteiger charge is -2.48. The summed E-state index contributed by atoms with van der Waals surface area (Å²) >= 11 is 0. The second-order valence-corrected chi connectivity index (χ2v) is 18.2. The van der Waals surface area contributed by atoms with Crippen molar-refractivity contribution < 1.29 is 123 Å². The number of carbonyl (C=O) groups excluding carboxylic acids is 2. The maximum absolute atomic E-state index is 13.7. The zero-order valence-corrected chi connectivity index (χ0v) is 39.0. The molecule has 20 atom stereocenters. The lowest BCUT2D eigenvalue weighted by atomic mass is 9.66. The summed E-state index contributed by atoms with van der Waals surface area (Å²) in [4.78, 5) is 41.0. The number of carbonyl (C=O) groups is 3. The quantitative estimate of drug-likeness (QED) is 0.0313. The summed E-state index contributed by atoms with van der Waals surface area (Å²) in [5, 5.41) is 126. The van der Waals surface area contributed by atoms with Gasteiger partial charge in [0.05, 0.1) is 70.9 Å². The summed E-state index contributed by atoms with van der Waals surface area (Å²) in [5.41, 5.74) is 10.1. The largest absolute Gasteiger partial charge is 0.502 e. The number of phenolic OH excluding ortho intramolecular Hbond substituents is 1. The second kappa shape index (κ2) is 21.8. The number of rotatable bonds is 17. The number of carboxylic acids is 1. The molecule has 0 radical (unpaired) electrons. The molecule has 0 bridgehead atoms. The van der Waals surface area contributed by atoms with Crippen LogP contribution in [-0.4, -0.2) is 219 Å². The van der Waals surface area contributed by atoms with E-state index < -0.39 is 166 Å². The zero-order valence-electron chi connectivity index (χ0n) is 39.0. The molecule has 5 heterocycles. The van der Waals surface area contributed by atoms with E-state index in [0.29, 0.717) is 28.2 Å². The number of carboxylic acid groups (broad SMARTS) is 1. The van der Waals surface area contributed by atoms with Crippen molar-refractivity contribution >= 4 is 17.8 Å². The molecule has 29 heteroatoms. The van der Waals surface area contributed by atoms with Gasteiger partial charge in [-0.2, -0.15) is 0 Å². The first-order chi connectivity index (χ1) is 34.8. The van der Waals surface area contributed by atoms with E-state index in [1.165, 1.54) is 14.2 Å². The normalized spacial score (nSPS) is 37.4. The number of amides is 1. The van der Waals surface area contributed by atoms with Crippen LogP contribution in [0.15, 0.2) is 29.4 Å². The van der Waals surface area contributed by atoms with Crippen molar-refractivity contribution in [3.8, 4) is 28.7 Å². The van der Waals surface area contributed by atoms with E-state index in [9.17, 15) is 70.6 Å². The van der Waals surface area contributed by atoms with Crippen LogP contribution in [0.1, 0.15) is 42.1 Å². The molecule has 17 unspecified atom stereocenters. The molecular weight excluding hydrogens is 984 g/mol. The van der Waals surface area contributed by atoms with Gasteiger partial charge in [-0.05, 0) is 46.5 Å². The van der Waals surface area contributed by atoms with Crippen LogP contribution in [0.3, 0.4) is 0 Å². The van der Waals surface area contributed by atoms with Crippen molar-refractivity contribution in [2.24, 2.45) is 17.0 Å². The van der Waals surface area contributed by atoms with Crippen LogP contribution in [-0.2, 0) is 47.5 Å². The Hall–Kier alpha value is -5.44. The Morgan fingerprint density at radius 3 is 2.14 bits per heavy atom. The third kappa shape index (κ3) is 10.1. The third-order valence-corrected chi connectivity index (χ3v) is 13.9. The van der Waals surface area contributed by atoms with Crippen LogP contribution in [0.5, 0.6) is 28.7 Å². The molecule has 402 valence electrons. The van der Waals surface area contributed by atoms with E-state index in [0.717, 1.165) is 6.92 Å². The van der Waals surface area contributed by atoms with Crippen LogP contribution in [0, 0.1) is 11.8 Å². The number of fused-ring (bicyclic) bond motifs is 3. The first kappa shape index (κ1) is 53.8. The highest BCUT2D eigenvalue weighted by Crippen LogP contribution is 2.57. The summed E-state index contributed by atoms with van der Waals surface area (Å²) in [5.74, 6) is -8.35. The monoisotopic (exact) mass is 1040 g/mol. The highest BCUT2D eigenvalue weighted by Gasteiger charge is 2.59. The van der Waals surface area contributed by atoms with Gasteiger partial charge in [-0.1, -0.05) is 5.11 Å². The maximum atomic E-state index is 13.7. The van der Waals surface area contributed by atoms with Gasteiger partial charge in [0.15, 0.2) is 35.6 Å². The molecule has 6 aliphatic rings. The van der Waals surface area contributed by atoms with Gasteiger partial charge in [0, 0.05) is 30.1 Å². The number of azide groups is 1. The van der Waals surface area contributed by atoms with Crippen LogP contribution < -0.4 is 24.3 Å². The van der Waals surface area contributed by atoms with Crippen LogP contribution in [0.4, 0.5) is 0 Å². The molecule has 4 saturated heterocycles. The number of phenols is 1. The van der Waals surface area contributed by atoms with Crippen molar-refractivity contribution in [3.63, 3.8) is 0 Å². The van der Waals surface area contributed by atoms with Crippen molar-refractivity contribution in [1.82, 2.24) is 5.32 Å². The van der Waals surface area contributed by atoms with Gasteiger partial charge >= 0.3 is 11.9 Å². The molecule has 12 N–H and O–H groups in total. The maximum Gasteiger partial charge on any atom is 0.364 e. The number of hydrogen-bond donors (Lipinski definition) is 12. The average molecular weight is 1040 g/mol. The molecule has 0 aromatic heterocycles. The minimum absolute atomic E-state index is 0.0488. The lowest BCUT2D eigenvalue weighted by molar-refractivity contribution is -0.371. The molecule has 1 amide bonds. The first-order valence-corrected chi connectivity index (χ1v) is 22.8. The van der Waals surface area contributed by atoms with Crippen molar-refractivity contribution in [2.45, 2.75) is 123 Å². The van der Waals surface area contributed by atoms with Crippen molar-refractivity contribution in [1.29, 1.82) is 0 Å². The van der Waals surface area contributed by atoms with E-state index in [-0.39, 0.29) is 30.6 Å². The average Bonchev–Trinajstić information content (AvgIpc) is 4.00. The van der Waals surface area contributed by atoms with Crippen molar-refractivity contribution in [3.05, 3.63) is 51.4 Å². The SMILES string of the molecule is COc1cc(C2c3cc4c(cc3C(OC3OC(CO)C(OC5OC(CO[C@]6(C(=O)O)C[C@@H](O)C(NC(C)=O)[C@H](C(O)C(O)CN=[N+]=[N-])O6)C(O)C(O)C5O)C(O)C3O)C3COC(=O)C23)OCO4)cc(OC)c1O. The lowest BCUT2D eigenvalue weighted by Crippen LogP contribution is -2.68. The molecule has 2 aromatic carbocycles. The number of nitrogens with zero attached hydrogens (tertiary/aromatic N) is 3. The van der Waals surface area contributed by atoms with Gasteiger partial charge in [0.25, 0.3) is 5.79 Å². The summed E-state index contributed by atoms with van der Waals surface area (Å²) < 4.78 is 63.1. The van der Waals surface area contributed by atoms with E-state index in [4.69, 9.17) is 57.6 Å². The molecule has 4 fully saturated rings. The van der Waals surface area contributed by atoms with E-state index >= 15 is 0 Å². The number of methoxy groups -OCH3 is 2. The minimum Gasteiger partial charge on any atom is -0.502 e. The fraction of sp³-hybridized carbons (Fsp3) is 0.659. The Morgan fingerprint density at radius 2 is 1.52 bits per heavy atom. The topological polar surface area (TPSA) is 436 Å². The number of hydrogen-bond acceptors (Lipinski definition) is 25. The molecule has 0 saturated carbocycles. The minimum atomic E-state index is -2.93. The van der Waals surface area contributed by atoms with Gasteiger partial charge in [-0.3, -0.25) is 9.59 Å². The Kier molecular flexibility index (Phi) is 16.1. The van der Waals surface area contributed by atoms with Gasteiger partial charge in [0.1, 0.15) is 61.0 Å². The van der Waals surface area contributed by atoms with E-state index in [1.807, 2.05) is 0 Å². The standard InChI is InChI=1S/C44H56N4O25/c1-14(50)47-29-19(51)8-44(43(61)62,73-39(29)30(53)20(52)9-46-48-45)68-12-26-32(55)33(56)35(58)41(70-26)72-38-25(10-49)69-42(36(59)34(38)57)71-37-17-7-22-21(66-13-67-22)6-16(17)27(28-18(37)11-65-40(28)60)15-4-23(63-2)31(54)24(5-15)64-3/h4-7,18-20,25-30,32-39,41-42,49,51-59H,8-13H2,1-3H3,(H,47,50)(H,61,62)/t18?,19-,20?,25?,26?,27?,28?,29?,30?,32?,33?,34?,35?,36?,37?,38?,39-,41?,42?,44-/m1/s1. The number of nitrogens with one attached hydrogen (secondary N) is 1. The van der Waals surface area contributed by atoms with E-state index in [1.54, 1.807) is 24.3 Å². The number of aliphatic carboxylic acids is 1. The predicted molar refractivity (Wildman–Crippen MR) is 232 cm³/mol. The smallest absolute Gasteiger partial charge is 0.364 e. The number of aromatic hydroxyl groups is 1. The molecule has 29 nitrogen and oxygen atoms in total. The molecule has 2 aromatic rings. The summed E-state index contributed by atoms with van der Waals surface area (Å²) in [6.45, 7) is -2.02. The number of benzene rings is 2. The molecule has 8 rings (SSSR count). The van der Waals surface area contributed by atoms with Gasteiger partial charge in [0.2, 0.25) is 18.4 Å². The highest BCUT2D eigenvalue weighted by molar-refractivity contribution is 5.79. The van der Waals surface area contributed by atoms with E-state index in [2.05, 4.69) is 15.3 Å². The number of esters is 1. The Morgan fingerprint density at radius 1 is 0.890 bits per heavy atom. The van der Waals surface area contributed by atoms with Gasteiger partial charge in [-0.15, -0.1) is 0 Å². The van der Waals surface area contributed by atoms with Gasteiger partial charge in [-0.25, -0.2) is 4.79 Å². The molecule has 0 spiro atoms. The molecular formula is C44H56N4O25. The number of aliphatic hydroxyl groups is 9. The summed E-state index contributed by atoms with van der Waals surface area (Å²) in [7, 11) is 2.68. The summed E-state index contributed by atoms with van der Waals surface area (Å²) in [6, 6.07) is 4.80. The number of cyclic esters (lactones) is 1. The fourth-order valence-electron chi connectivity index (χ4n) is 10.2.